The zero-order valence-electron chi connectivity index (χ0n) is 15.5. The summed E-state index contributed by atoms with van der Waals surface area (Å²) >= 11 is 0. The van der Waals surface area contributed by atoms with Crippen molar-refractivity contribution in [3.63, 3.8) is 0 Å². The largest absolute Gasteiger partial charge is 0.410 e. The van der Waals surface area contributed by atoms with Gasteiger partial charge in [-0.15, -0.1) is 0 Å². The fourth-order valence-corrected chi connectivity index (χ4v) is 4.07. The zero-order chi connectivity index (χ0) is 19.9. The molecular formula is C19H22F3N5O. The Bertz CT molecular complexity index is 851. The first-order chi connectivity index (χ1) is 13.4. The maximum atomic E-state index is 13.6. The fourth-order valence-electron chi connectivity index (χ4n) is 4.07. The topological polar surface area (TPSA) is 63.1 Å². The lowest BCUT2D eigenvalue weighted by molar-refractivity contribution is -0.173. The van der Waals surface area contributed by atoms with Crippen molar-refractivity contribution in [2.24, 2.45) is 0 Å². The molecule has 0 saturated carbocycles. The maximum absolute atomic E-state index is 13.6. The van der Waals surface area contributed by atoms with Crippen molar-refractivity contribution in [3.05, 3.63) is 41.9 Å². The summed E-state index contributed by atoms with van der Waals surface area (Å²) in [5, 5.41) is 7.46. The van der Waals surface area contributed by atoms with Crippen LogP contribution in [-0.2, 0) is 0 Å². The SMILES string of the molecule is CC[C@@H]1C[C@H](C(F)(F)F)n2nc([C@@H]3CCCN3C(=O)c3cccnc3)cc2N1. The smallest absolute Gasteiger partial charge is 0.367 e. The lowest BCUT2D eigenvalue weighted by Crippen LogP contribution is -2.39. The summed E-state index contributed by atoms with van der Waals surface area (Å²) < 4.78 is 41.8. The molecule has 1 amide bonds. The van der Waals surface area contributed by atoms with Crippen LogP contribution >= 0.6 is 0 Å². The molecule has 9 heteroatoms. The monoisotopic (exact) mass is 393 g/mol. The van der Waals surface area contributed by atoms with E-state index >= 15 is 0 Å². The van der Waals surface area contributed by atoms with Crippen LogP contribution < -0.4 is 5.32 Å². The second kappa shape index (κ2) is 7.10. The number of nitrogens with one attached hydrogen (secondary N) is 1. The number of carbonyl (C=O) groups is 1. The number of nitrogens with zero attached hydrogens (tertiary/aromatic N) is 4. The van der Waals surface area contributed by atoms with Crippen LogP contribution in [0.2, 0.25) is 0 Å². The second-order valence-corrected chi connectivity index (χ2v) is 7.34. The van der Waals surface area contributed by atoms with Crippen molar-refractivity contribution in [2.45, 2.75) is 56.9 Å². The van der Waals surface area contributed by atoms with Crippen molar-refractivity contribution >= 4 is 11.7 Å². The van der Waals surface area contributed by atoms with Crippen molar-refractivity contribution in [1.82, 2.24) is 19.7 Å². The molecule has 0 unspecified atom stereocenters. The molecule has 3 atom stereocenters. The third-order valence-electron chi connectivity index (χ3n) is 5.54. The van der Waals surface area contributed by atoms with Gasteiger partial charge in [-0.1, -0.05) is 6.92 Å². The number of aromatic nitrogens is 3. The molecule has 2 aromatic rings. The van der Waals surface area contributed by atoms with E-state index in [1.807, 2.05) is 6.92 Å². The molecule has 6 nitrogen and oxygen atoms in total. The number of alkyl halides is 3. The first kappa shape index (κ1) is 18.8. The van der Waals surface area contributed by atoms with Gasteiger partial charge < -0.3 is 10.2 Å². The van der Waals surface area contributed by atoms with E-state index < -0.39 is 12.2 Å². The van der Waals surface area contributed by atoms with E-state index in [1.165, 1.54) is 6.20 Å². The molecule has 2 aliphatic rings. The highest BCUT2D eigenvalue weighted by Crippen LogP contribution is 2.42. The number of carbonyl (C=O) groups excluding carboxylic acids is 1. The minimum absolute atomic E-state index is 0.0445. The number of rotatable bonds is 3. The number of amides is 1. The number of halogens is 3. The molecule has 4 rings (SSSR count). The predicted molar refractivity (Wildman–Crippen MR) is 96.9 cm³/mol. The minimum atomic E-state index is -4.37. The van der Waals surface area contributed by atoms with Crippen molar-refractivity contribution < 1.29 is 18.0 Å². The molecule has 0 bridgehead atoms. The standard InChI is InChI=1S/C19H22F3N5O/c1-2-13-9-16(19(20,21)22)27-17(24-13)10-14(25-27)15-6-4-8-26(15)18(28)12-5-3-7-23-11-12/h3,5,7,10-11,13,15-16,24H,2,4,6,8-9H2,1H3/t13-,15+,16-/m1/s1. The average Bonchev–Trinajstić information content (AvgIpc) is 3.32. The van der Waals surface area contributed by atoms with E-state index in [9.17, 15) is 18.0 Å². The molecule has 2 aromatic heterocycles. The normalized spacial score (nSPS) is 24.7. The van der Waals surface area contributed by atoms with E-state index in [-0.39, 0.29) is 24.4 Å². The third-order valence-corrected chi connectivity index (χ3v) is 5.54. The summed E-state index contributed by atoms with van der Waals surface area (Å²) in [6, 6.07) is 2.82. The Balaban J connectivity index is 1.65. The van der Waals surface area contributed by atoms with Crippen LogP contribution in [0.1, 0.15) is 60.7 Å². The Labute approximate surface area is 160 Å². The highest BCUT2D eigenvalue weighted by molar-refractivity contribution is 5.94. The summed E-state index contributed by atoms with van der Waals surface area (Å²) in [7, 11) is 0. The molecule has 1 fully saturated rings. The first-order valence-electron chi connectivity index (χ1n) is 9.52. The Morgan fingerprint density at radius 3 is 2.89 bits per heavy atom. The van der Waals surface area contributed by atoms with Gasteiger partial charge in [0.1, 0.15) is 5.82 Å². The average molecular weight is 393 g/mol. The third kappa shape index (κ3) is 3.33. The van der Waals surface area contributed by atoms with Gasteiger partial charge in [-0.05, 0) is 37.8 Å². The predicted octanol–water partition coefficient (Wildman–Crippen LogP) is 3.95. The molecule has 1 saturated heterocycles. The highest BCUT2D eigenvalue weighted by Gasteiger charge is 2.46. The Kier molecular flexibility index (Phi) is 4.76. The van der Waals surface area contributed by atoms with Gasteiger partial charge in [0.15, 0.2) is 6.04 Å². The van der Waals surface area contributed by atoms with Gasteiger partial charge in [-0.2, -0.15) is 18.3 Å². The molecule has 150 valence electrons. The van der Waals surface area contributed by atoms with Crippen LogP contribution in [0.15, 0.2) is 30.6 Å². The number of hydrogen-bond donors (Lipinski definition) is 1. The summed E-state index contributed by atoms with van der Waals surface area (Å²) in [5.74, 6) is 0.199. The van der Waals surface area contributed by atoms with E-state index in [0.717, 1.165) is 11.1 Å². The van der Waals surface area contributed by atoms with Crippen LogP contribution in [0.5, 0.6) is 0 Å². The molecule has 4 heterocycles. The molecule has 28 heavy (non-hydrogen) atoms. The van der Waals surface area contributed by atoms with E-state index in [0.29, 0.717) is 36.5 Å². The van der Waals surface area contributed by atoms with Crippen LogP contribution in [0.25, 0.3) is 0 Å². The molecule has 1 N–H and O–H groups in total. The van der Waals surface area contributed by atoms with Crippen LogP contribution in [0.3, 0.4) is 0 Å². The Morgan fingerprint density at radius 2 is 2.21 bits per heavy atom. The first-order valence-corrected chi connectivity index (χ1v) is 9.52. The Hall–Kier alpha value is -2.58. The highest BCUT2D eigenvalue weighted by atomic mass is 19.4. The van der Waals surface area contributed by atoms with Crippen LogP contribution in [-0.4, -0.2) is 44.3 Å². The summed E-state index contributed by atoms with van der Waals surface area (Å²) in [6.07, 6.45) is 0.744. The van der Waals surface area contributed by atoms with Crippen molar-refractivity contribution in [1.29, 1.82) is 0 Å². The van der Waals surface area contributed by atoms with Crippen LogP contribution in [0.4, 0.5) is 19.0 Å². The molecule has 0 radical (unpaired) electrons. The van der Waals surface area contributed by atoms with Gasteiger partial charge in [-0.25, -0.2) is 4.68 Å². The van der Waals surface area contributed by atoms with Gasteiger partial charge in [0.05, 0.1) is 17.3 Å². The van der Waals surface area contributed by atoms with E-state index in [4.69, 9.17) is 0 Å². The molecule has 0 aliphatic carbocycles. The van der Waals surface area contributed by atoms with Gasteiger partial charge >= 0.3 is 6.18 Å². The van der Waals surface area contributed by atoms with Gasteiger partial charge in [0.2, 0.25) is 0 Å². The maximum Gasteiger partial charge on any atom is 0.410 e. The minimum Gasteiger partial charge on any atom is -0.367 e. The van der Waals surface area contributed by atoms with Gasteiger partial charge in [0, 0.05) is 31.0 Å². The van der Waals surface area contributed by atoms with E-state index in [2.05, 4.69) is 15.4 Å². The number of fused-ring (bicyclic) bond motifs is 1. The number of hydrogen-bond acceptors (Lipinski definition) is 4. The van der Waals surface area contributed by atoms with Crippen molar-refractivity contribution in [2.75, 3.05) is 11.9 Å². The van der Waals surface area contributed by atoms with Crippen molar-refractivity contribution in [3.8, 4) is 0 Å². The van der Waals surface area contributed by atoms with Gasteiger partial charge in [-0.3, -0.25) is 9.78 Å². The molecule has 0 aromatic carbocycles. The van der Waals surface area contributed by atoms with Crippen LogP contribution in [0, 0.1) is 0 Å². The molecular weight excluding hydrogens is 371 g/mol. The summed E-state index contributed by atoms with van der Waals surface area (Å²) in [5.41, 5.74) is 0.971. The van der Waals surface area contributed by atoms with E-state index in [1.54, 1.807) is 29.3 Å². The lowest BCUT2D eigenvalue weighted by atomic mass is 10.0. The number of anilines is 1. The fraction of sp³-hybridized carbons (Fsp3) is 0.526. The quantitative estimate of drug-likeness (QED) is 0.858. The lowest BCUT2D eigenvalue weighted by Gasteiger charge is -2.32. The molecule has 0 spiro atoms. The summed E-state index contributed by atoms with van der Waals surface area (Å²) in [6.45, 7) is 2.41. The number of likely N-dealkylation sites (tertiary alicyclic amines) is 1. The molecule has 2 aliphatic heterocycles. The Morgan fingerprint density at radius 1 is 1.39 bits per heavy atom. The number of pyridine rings is 1. The summed E-state index contributed by atoms with van der Waals surface area (Å²) in [4.78, 5) is 18.5. The second-order valence-electron chi connectivity index (χ2n) is 7.34. The zero-order valence-corrected chi connectivity index (χ0v) is 15.5. The van der Waals surface area contributed by atoms with Gasteiger partial charge in [0.25, 0.3) is 5.91 Å².